The van der Waals surface area contributed by atoms with Crippen molar-refractivity contribution in [3.05, 3.63) is 64.5 Å². The summed E-state index contributed by atoms with van der Waals surface area (Å²) in [5.74, 6) is -0.500. The molecule has 0 saturated heterocycles. The van der Waals surface area contributed by atoms with Gasteiger partial charge in [0.2, 0.25) is 11.2 Å². The Hall–Kier alpha value is -2.43. The van der Waals surface area contributed by atoms with Gasteiger partial charge in [-0.05, 0) is 49.9 Å². The molecular formula is C24H26F4N+. The van der Waals surface area contributed by atoms with Gasteiger partial charge >= 0.3 is 6.18 Å². The van der Waals surface area contributed by atoms with Crippen LogP contribution in [0.2, 0.25) is 0 Å². The summed E-state index contributed by atoms with van der Waals surface area (Å²) in [6.07, 6.45) is -4.66. The summed E-state index contributed by atoms with van der Waals surface area (Å²) < 4.78 is 57.4. The third-order valence-corrected chi connectivity index (χ3v) is 5.84. The summed E-state index contributed by atoms with van der Waals surface area (Å²) >= 11 is 0. The zero-order valence-electron chi connectivity index (χ0n) is 17.6. The van der Waals surface area contributed by atoms with Crippen LogP contribution in [-0.4, -0.2) is 6.18 Å². The second-order valence-corrected chi connectivity index (χ2v) is 8.56. The molecule has 1 aromatic heterocycles. The highest BCUT2D eigenvalue weighted by atomic mass is 19.4. The number of nitrogens with zero attached hydrogens (tertiary/aromatic N) is 1. The first-order chi connectivity index (χ1) is 13.3. The molecule has 3 rings (SSSR count). The molecule has 1 nitrogen and oxygen atoms in total. The third kappa shape index (κ3) is 3.75. The summed E-state index contributed by atoms with van der Waals surface area (Å²) in [4.78, 5) is 0. The van der Waals surface area contributed by atoms with E-state index in [0.717, 1.165) is 36.1 Å². The lowest BCUT2D eigenvalue weighted by molar-refractivity contribution is -0.633. The van der Waals surface area contributed by atoms with Crippen LogP contribution in [0.25, 0.3) is 22.2 Å². The summed E-state index contributed by atoms with van der Waals surface area (Å²) in [6, 6.07) is 10.6. The minimum Gasteiger partial charge on any atom is -0.206 e. The maximum absolute atomic E-state index is 15.3. The Bertz CT molecular complexity index is 1090. The fourth-order valence-electron chi connectivity index (χ4n) is 3.85. The maximum Gasteiger partial charge on any atom is 0.394 e. The van der Waals surface area contributed by atoms with E-state index >= 15 is 4.39 Å². The van der Waals surface area contributed by atoms with Crippen molar-refractivity contribution in [2.45, 2.75) is 47.2 Å². The fraction of sp³-hybridized carbons (Fsp3) is 0.375. The average molecular weight is 404 g/mol. The Morgan fingerprint density at radius 1 is 0.966 bits per heavy atom. The molecule has 0 atom stereocenters. The average Bonchev–Trinajstić information content (AvgIpc) is 2.60. The Morgan fingerprint density at radius 2 is 1.62 bits per heavy atom. The van der Waals surface area contributed by atoms with Gasteiger partial charge in [-0.15, -0.1) is 0 Å². The van der Waals surface area contributed by atoms with E-state index in [9.17, 15) is 13.2 Å². The van der Waals surface area contributed by atoms with Gasteiger partial charge in [0.25, 0.3) is 0 Å². The van der Waals surface area contributed by atoms with Gasteiger partial charge in [0.1, 0.15) is 12.9 Å². The number of aromatic nitrogens is 1. The molecular weight excluding hydrogens is 378 g/mol. The molecule has 0 radical (unpaired) electrons. The zero-order valence-corrected chi connectivity index (χ0v) is 17.6. The van der Waals surface area contributed by atoms with Gasteiger partial charge < -0.3 is 0 Å². The van der Waals surface area contributed by atoms with E-state index in [-0.39, 0.29) is 11.8 Å². The number of hydrogen-bond acceptors (Lipinski definition) is 0. The minimum atomic E-state index is -4.37. The van der Waals surface area contributed by atoms with Crippen LogP contribution >= 0.6 is 0 Å². The molecule has 0 aliphatic carbocycles. The van der Waals surface area contributed by atoms with Crippen molar-refractivity contribution in [2.24, 2.45) is 12.5 Å². The van der Waals surface area contributed by atoms with Crippen molar-refractivity contribution in [3.8, 4) is 11.3 Å². The quantitative estimate of drug-likeness (QED) is 0.345. The molecule has 0 amide bonds. The van der Waals surface area contributed by atoms with Gasteiger partial charge in [-0.2, -0.15) is 17.7 Å². The second kappa shape index (κ2) is 7.12. The van der Waals surface area contributed by atoms with Crippen molar-refractivity contribution in [1.29, 1.82) is 0 Å². The van der Waals surface area contributed by atoms with Gasteiger partial charge in [0, 0.05) is 17.7 Å². The number of hydrogen-bond donors (Lipinski definition) is 0. The summed E-state index contributed by atoms with van der Waals surface area (Å²) in [5, 5.41) is 0.248. The smallest absolute Gasteiger partial charge is 0.206 e. The predicted molar refractivity (Wildman–Crippen MR) is 108 cm³/mol. The van der Waals surface area contributed by atoms with E-state index in [2.05, 4.69) is 6.07 Å². The molecule has 0 saturated carbocycles. The molecule has 0 aliphatic rings. The molecule has 0 N–H and O–H groups in total. The van der Waals surface area contributed by atoms with Crippen LogP contribution in [0.5, 0.6) is 0 Å². The zero-order chi connectivity index (χ0) is 21.7. The number of halogens is 4. The molecule has 1 heterocycles. The van der Waals surface area contributed by atoms with Crippen LogP contribution in [0.15, 0.2) is 36.4 Å². The van der Waals surface area contributed by atoms with Crippen molar-refractivity contribution in [1.82, 2.24) is 0 Å². The minimum absolute atomic E-state index is 0.248. The first-order valence-corrected chi connectivity index (χ1v) is 9.58. The van der Waals surface area contributed by atoms with Crippen LogP contribution in [0.1, 0.15) is 36.1 Å². The summed E-state index contributed by atoms with van der Waals surface area (Å²) in [6.45, 7) is 8.30. The standard InChI is InChI=1S/C24H26F4N/c1-14-10-15(2)16(3)18(11-14)21-12-19(25)22-17(8-7-9-20(22)29(21)6)13-23(4,5)24(26,27)28/h7-12H,13H2,1-6H3/q+1. The van der Waals surface area contributed by atoms with Crippen LogP contribution in [-0.2, 0) is 13.5 Å². The first-order valence-electron chi connectivity index (χ1n) is 9.58. The molecule has 0 aliphatic heterocycles. The predicted octanol–water partition coefficient (Wildman–Crippen LogP) is 6.53. The van der Waals surface area contributed by atoms with Crippen LogP contribution < -0.4 is 4.57 Å². The summed E-state index contributed by atoms with van der Waals surface area (Å²) in [5.41, 5.74) is 3.86. The Morgan fingerprint density at radius 3 is 2.24 bits per heavy atom. The Labute approximate surface area is 169 Å². The lowest BCUT2D eigenvalue weighted by Crippen LogP contribution is -2.35. The molecule has 3 aromatic rings. The van der Waals surface area contributed by atoms with Crippen molar-refractivity contribution < 1.29 is 22.1 Å². The van der Waals surface area contributed by atoms with Gasteiger partial charge in [-0.25, -0.2) is 4.39 Å². The van der Waals surface area contributed by atoms with Crippen molar-refractivity contribution >= 4 is 10.9 Å². The van der Waals surface area contributed by atoms with E-state index in [4.69, 9.17) is 0 Å². The topological polar surface area (TPSA) is 3.88 Å². The van der Waals surface area contributed by atoms with Crippen LogP contribution in [0, 0.1) is 32.0 Å². The molecule has 29 heavy (non-hydrogen) atoms. The number of benzene rings is 2. The SMILES string of the molecule is Cc1cc(C)c(C)c(-c2cc(F)c3c(CC(C)(C)C(F)(F)F)cccc3[n+]2C)c1. The van der Waals surface area contributed by atoms with E-state index in [0.29, 0.717) is 16.8 Å². The third-order valence-electron chi connectivity index (χ3n) is 5.84. The molecule has 0 spiro atoms. The number of pyridine rings is 1. The van der Waals surface area contributed by atoms with E-state index in [1.165, 1.54) is 6.07 Å². The largest absolute Gasteiger partial charge is 0.394 e. The van der Waals surface area contributed by atoms with Crippen LogP contribution in [0.4, 0.5) is 17.6 Å². The monoisotopic (exact) mass is 404 g/mol. The Balaban J connectivity index is 2.25. The van der Waals surface area contributed by atoms with Gasteiger partial charge in [0.05, 0.1) is 10.8 Å². The molecule has 0 unspecified atom stereocenters. The number of aryl methyl sites for hydroxylation is 3. The highest BCUT2D eigenvalue weighted by Gasteiger charge is 2.47. The lowest BCUT2D eigenvalue weighted by Gasteiger charge is -2.28. The maximum atomic E-state index is 15.3. The second-order valence-electron chi connectivity index (χ2n) is 8.56. The lowest BCUT2D eigenvalue weighted by atomic mass is 9.83. The van der Waals surface area contributed by atoms with Gasteiger partial charge in [0.15, 0.2) is 0 Å². The normalized spacial score (nSPS) is 12.6. The van der Waals surface area contributed by atoms with Crippen LogP contribution in [0.3, 0.4) is 0 Å². The summed E-state index contributed by atoms with van der Waals surface area (Å²) in [7, 11) is 1.83. The molecule has 5 heteroatoms. The Kier molecular flexibility index (Phi) is 5.22. The van der Waals surface area contributed by atoms with Gasteiger partial charge in [-0.3, -0.25) is 0 Å². The number of alkyl halides is 3. The van der Waals surface area contributed by atoms with E-state index < -0.39 is 17.4 Å². The van der Waals surface area contributed by atoms with Gasteiger partial charge in [-0.1, -0.05) is 37.6 Å². The highest BCUT2D eigenvalue weighted by Crippen LogP contribution is 2.41. The fourth-order valence-corrected chi connectivity index (χ4v) is 3.85. The van der Waals surface area contributed by atoms with E-state index in [1.54, 1.807) is 18.2 Å². The molecule has 0 fully saturated rings. The molecule has 0 bridgehead atoms. The highest BCUT2D eigenvalue weighted by molar-refractivity contribution is 5.82. The van der Waals surface area contributed by atoms with Crippen molar-refractivity contribution in [3.63, 3.8) is 0 Å². The number of rotatable bonds is 3. The molecule has 154 valence electrons. The number of fused-ring (bicyclic) bond motifs is 1. The van der Waals surface area contributed by atoms with E-state index in [1.807, 2.05) is 38.5 Å². The first kappa shape index (κ1) is 21.3. The molecule has 2 aromatic carbocycles. The van der Waals surface area contributed by atoms with Crippen molar-refractivity contribution in [2.75, 3.05) is 0 Å².